The van der Waals surface area contributed by atoms with Crippen molar-refractivity contribution in [3.63, 3.8) is 0 Å². The van der Waals surface area contributed by atoms with Gasteiger partial charge in [-0.25, -0.2) is 4.79 Å². The Morgan fingerprint density at radius 1 is 1.47 bits per heavy atom. The van der Waals surface area contributed by atoms with Gasteiger partial charge in [-0.2, -0.15) is 4.98 Å². The minimum absolute atomic E-state index is 0.109. The number of nitrogen functional groups attached to an aromatic ring is 1. The summed E-state index contributed by atoms with van der Waals surface area (Å²) in [4.78, 5) is 15.1. The van der Waals surface area contributed by atoms with Gasteiger partial charge in [-0.15, -0.1) is 0 Å². The summed E-state index contributed by atoms with van der Waals surface area (Å²) < 4.78 is 1.24. The number of hydrogen-bond donors (Lipinski definition) is 4. The predicted octanol–water partition coefficient (Wildman–Crippen LogP) is -1.90. The lowest BCUT2D eigenvalue weighted by atomic mass is 10.1. The lowest BCUT2D eigenvalue weighted by molar-refractivity contribution is -0.00453. The second-order valence-corrected chi connectivity index (χ2v) is 4.27. The third kappa shape index (κ3) is 2.04. The summed E-state index contributed by atoms with van der Waals surface area (Å²) in [6, 6.07) is 0.870. The van der Waals surface area contributed by atoms with Crippen molar-refractivity contribution in [2.45, 2.75) is 24.7 Å². The number of hydrogen-bond acceptors (Lipinski definition) is 6. The molecule has 0 spiro atoms. The molecule has 0 aromatic carbocycles. The molecule has 0 radical (unpaired) electrons. The second-order valence-electron chi connectivity index (χ2n) is 4.27. The fourth-order valence-electron chi connectivity index (χ4n) is 2.23. The van der Waals surface area contributed by atoms with Crippen LogP contribution in [-0.2, 0) is 0 Å². The van der Waals surface area contributed by atoms with Gasteiger partial charge in [-0.3, -0.25) is 4.57 Å². The van der Waals surface area contributed by atoms with Crippen molar-refractivity contribution in [1.29, 1.82) is 0 Å². The van der Waals surface area contributed by atoms with E-state index in [4.69, 9.17) is 10.8 Å². The number of nitrogens with two attached hydrogens (primary N) is 1. The van der Waals surface area contributed by atoms with Gasteiger partial charge in [0.15, 0.2) is 0 Å². The van der Waals surface area contributed by atoms with Crippen molar-refractivity contribution in [3.8, 4) is 0 Å². The molecule has 2 rings (SSSR count). The molecule has 1 fully saturated rings. The van der Waals surface area contributed by atoms with Gasteiger partial charge in [0.05, 0.1) is 12.1 Å². The minimum atomic E-state index is -1.09. The van der Waals surface area contributed by atoms with E-state index < -0.39 is 29.9 Å². The molecule has 1 aromatic rings. The molecular formula is C10H15N3O4. The van der Waals surface area contributed by atoms with E-state index in [2.05, 4.69) is 4.98 Å². The third-order valence-corrected chi connectivity index (χ3v) is 3.21. The molecule has 4 atom stereocenters. The standard InChI is InChI=1S/C10H15N3O4/c11-7-1-2-13(10(17)12-7)6-3-5(4-14)8(15)9(6)16/h1-2,5-6,8-9,14-16H,3-4H2,(H2,11,12,17)/t5-,6-,8-,9+/m1/s1. The van der Waals surface area contributed by atoms with Gasteiger partial charge in [0, 0.05) is 18.7 Å². The lowest BCUT2D eigenvalue weighted by Gasteiger charge is -2.18. The van der Waals surface area contributed by atoms with Crippen LogP contribution in [0.3, 0.4) is 0 Å². The van der Waals surface area contributed by atoms with Crippen molar-refractivity contribution >= 4 is 5.82 Å². The highest BCUT2D eigenvalue weighted by Gasteiger charge is 2.42. The number of nitrogens with zero attached hydrogens (tertiary/aromatic N) is 2. The Morgan fingerprint density at radius 3 is 2.71 bits per heavy atom. The summed E-state index contributed by atoms with van der Waals surface area (Å²) in [7, 11) is 0. The number of rotatable bonds is 2. The van der Waals surface area contributed by atoms with Crippen LogP contribution < -0.4 is 11.4 Å². The Morgan fingerprint density at radius 2 is 2.18 bits per heavy atom. The third-order valence-electron chi connectivity index (χ3n) is 3.21. The summed E-state index contributed by atoms with van der Waals surface area (Å²) in [5.41, 5.74) is 4.80. The Bertz CT molecular complexity index is 461. The van der Waals surface area contributed by atoms with Crippen molar-refractivity contribution in [3.05, 3.63) is 22.7 Å². The van der Waals surface area contributed by atoms with Gasteiger partial charge in [-0.1, -0.05) is 0 Å². The molecule has 1 heterocycles. The predicted molar refractivity (Wildman–Crippen MR) is 59.2 cm³/mol. The minimum Gasteiger partial charge on any atom is -0.396 e. The van der Waals surface area contributed by atoms with Gasteiger partial charge in [0.25, 0.3) is 0 Å². The largest absolute Gasteiger partial charge is 0.396 e. The molecule has 1 aliphatic carbocycles. The first kappa shape index (κ1) is 12.0. The van der Waals surface area contributed by atoms with Crippen molar-refractivity contribution in [1.82, 2.24) is 9.55 Å². The molecule has 0 aliphatic heterocycles. The summed E-state index contributed by atoms with van der Waals surface area (Å²) >= 11 is 0. The zero-order chi connectivity index (χ0) is 12.6. The van der Waals surface area contributed by atoms with E-state index in [0.29, 0.717) is 6.42 Å². The van der Waals surface area contributed by atoms with E-state index in [1.54, 1.807) is 0 Å². The van der Waals surface area contributed by atoms with Crippen molar-refractivity contribution < 1.29 is 15.3 Å². The van der Waals surface area contributed by atoms with Crippen LogP contribution in [0.15, 0.2) is 17.1 Å². The molecule has 0 amide bonds. The van der Waals surface area contributed by atoms with Gasteiger partial charge >= 0.3 is 5.69 Å². The average molecular weight is 241 g/mol. The van der Waals surface area contributed by atoms with E-state index in [-0.39, 0.29) is 12.4 Å². The second kappa shape index (κ2) is 4.44. The highest BCUT2D eigenvalue weighted by atomic mass is 16.3. The van der Waals surface area contributed by atoms with Gasteiger partial charge in [-0.05, 0) is 12.5 Å². The first-order valence-corrected chi connectivity index (χ1v) is 5.36. The summed E-state index contributed by atoms with van der Waals surface area (Å²) in [6.45, 7) is -0.230. The summed E-state index contributed by atoms with van der Waals surface area (Å²) in [5.74, 6) is -0.322. The number of aliphatic hydroxyl groups excluding tert-OH is 3. The summed E-state index contributed by atoms with van der Waals surface area (Å²) in [5, 5.41) is 28.5. The number of aliphatic hydroxyl groups is 3. The van der Waals surface area contributed by atoms with Crippen LogP contribution in [0.1, 0.15) is 12.5 Å². The number of aromatic nitrogens is 2. The fourth-order valence-corrected chi connectivity index (χ4v) is 2.23. The molecule has 0 bridgehead atoms. The molecule has 17 heavy (non-hydrogen) atoms. The van der Waals surface area contributed by atoms with Crippen LogP contribution in [0.2, 0.25) is 0 Å². The van der Waals surface area contributed by atoms with Crippen LogP contribution in [-0.4, -0.2) is 43.7 Å². The highest BCUT2D eigenvalue weighted by Crippen LogP contribution is 2.34. The van der Waals surface area contributed by atoms with E-state index >= 15 is 0 Å². The fraction of sp³-hybridized carbons (Fsp3) is 0.600. The van der Waals surface area contributed by atoms with E-state index in [9.17, 15) is 15.0 Å². The van der Waals surface area contributed by atoms with Crippen LogP contribution in [0.25, 0.3) is 0 Å². The quantitative estimate of drug-likeness (QED) is 0.480. The Balaban J connectivity index is 2.32. The number of anilines is 1. The normalized spacial score (nSPS) is 32.9. The molecule has 1 saturated carbocycles. The van der Waals surface area contributed by atoms with Gasteiger partial charge in [0.2, 0.25) is 0 Å². The Labute approximate surface area is 97.1 Å². The van der Waals surface area contributed by atoms with E-state index in [1.165, 1.54) is 16.8 Å². The highest BCUT2D eigenvalue weighted by molar-refractivity contribution is 5.23. The maximum Gasteiger partial charge on any atom is 0.349 e. The zero-order valence-corrected chi connectivity index (χ0v) is 9.10. The average Bonchev–Trinajstić information content (AvgIpc) is 2.57. The molecule has 94 valence electrons. The van der Waals surface area contributed by atoms with Gasteiger partial charge in [0.1, 0.15) is 11.9 Å². The first-order chi connectivity index (χ1) is 8.04. The van der Waals surface area contributed by atoms with Crippen LogP contribution >= 0.6 is 0 Å². The maximum atomic E-state index is 11.6. The van der Waals surface area contributed by atoms with Crippen LogP contribution in [0.5, 0.6) is 0 Å². The molecule has 7 heteroatoms. The Hall–Kier alpha value is -1.44. The zero-order valence-electron chi connectivity index (χ0n) is 9.10. The topological polar surface area (TPSA) is 122 Å². The molecule has 1 aromatic heterocycles. The van der Waals surface area contributed by atoms with E-state index in [1.807, 2.05) is 0 Å². The smallest absolute Gasteiger partial charge is 0.349 e. The molecule has 7 nitrogen and oxygen atoms in total. The summed E-state index contributed by atoms with van der Waals surface area (Å²) in [6.07, 6.45) is -0.361. The maximum absolute atomic E-state index is 11.6. The van der Waals surface area contributed by atoms with Gasteiger partial charge < -0.3 is 21.1 Å². The van der Waals surface area contributed by atoms with Crippen molar-refractivity contribution in [2.24, 2.45) is 5.92 Å². The molecule has 0 saturated heterocycles. The molecule has 1 aliphatic rings. The Kier molecular flexibility index (Phi) is 3.14. The molecular weight excluding hydrogens is 226 g/mol. The lowest BCUT2D eigenvalue weighted by Crippen LogP contribution is -2.35. The van der Waals surface area contributed by atoms with E-state index in [0.717, 1.165) is 0 Å². The monoisotopic (exact) mass is 241 g/mol. The van der Waals surface area contributed by atoms with Crippen molar-refractivity contribution in [2.75, 3.05) is 12.3 Å². The molecule has 5 N–H and O–H groups in total. The SMILES string of the molecule is Nc1ccn([C@@H]2C[C@H](CO)[C@@H](O)[C@H]2O)c(=O)n1. The van der Waals surface area contributed by atoms with Crippen LogP contribution in [0.4, 0.5) is 5.82 Å². The first-order valence-electron chi connectivity index (χ1n) is 5.36. The van der Waals surface area contributed by atoms with Crippen LogP contribution in [0, 0.1) is 5.92 Å². The molecule has 0 unspecified atom stereocenters.